The molecule has 3 aromatic rings. The summed E-state index contributed by atoms with van der Waals surface area (Å²) in [4.78, 5) is 14.9. The van der Waals surface area contributed by atoms with Crippen LogP contribution in [0.5, 0.6) is 5.75 Å². The van der Waals surface area contributed by atoms with E-state index in [1.165, 1.54) is 6.07 Å². The molecule has 7 nitrogen and oxygen atoms in total. The fourth-order valence-electron chi connectivity index (χ4n) is 2.33. The topological polar surface area (TPSA) is 93.9 Å². The summed E-state index contributed by atoms with van der Waals surface area (Å²) in [6.45, 7) is 4.21. The van der Waals surface area contributed by atoms with E-state index in [9.17, 15) is 10.1 Å². The van der Waals surface area contributed by atoms with Crippen LogP contribution in [-0.2, 0) is 6.61 Å². The van der Waals surface area contributed by atoms with Gasteiger partial charge >= 0.3 is 0 Å². The Hall–Kier alpha value is -3.22. The van der Waals surface area contributed by atoms with Crippen molar-refractivity contribution in [1.82, 2.24) is 15.2 Å². The molecule has 0 aliphatic heterocycles. The molecule has 122 valence electrons. The molecule has 0 atom stereocenters. The predicted octanol–water partition coefficient (Wildman–Crippen LogP) is 3.58. The Bertz CT molecular complexity index is 889. The highest BCUT2D eigenvalue weighted by Gasteiger charge is 2.18. The average molecular weight is 324 g/mol. The number of aromatic nitrogens is 3. The Morgan fingerprint density at radius 1 is 1.17 bits per heavy atom. The van der Waals surface area contributed by atoms with Crippen LogP contribution in [-0.4, -0.2) is 20.1 Å². The van der Waals surface area contributed by atoms with Crippen molar-refractivity contribution in [2.75, 3.05) is 0 Å². The van der Waals surface area contributed by atoms with Gasteiger partial charge in [0.1, 0.15) is 12.4 Å². The van der Waals surface area contributed by atoms with Crippen molar-refractivity contribution < 1.29 is 9.66 Å². The monoisotopic (exact) mass is 324 g/mol. The quantitative estimate of drug-likeness (QED) is 0.572. The van der Waals surface area contributed by atoms with Crippen molar-refractivity contribution in [2.24, 2.45) is 0 Å². The van der Waals surface area contributed by atoms with Crippen molar-refractivity contribution in [3.8, 4) is 17.1 Å². The first-order valence-corrected chi connectivity index (χ1v) is 7.40. The van der Waals surface area contributed by atoms with Gasteiger partial charge in [0.25, 0.3) is 5.69 Å². The Morgan fingerprint density at radius 3 is 2.75 bits per heavy atom. The Morgan fingerprint density at radius 2 is 1.96 bits per heavy atom. The van der Waals surface area contributed by atoms with Crippen LogP contribution >= 0.6 is 0 Å². The van der Waals surface area contributed by atoms with Crippen molar-refractivity contribution in [3.05, 3.63) is 69.5 Å². The number of benzene rings is 2. The number of rotatable bonds is 5. The lowest BCUT2D eigenvalue weighted by molar-refractivity contribution is -0.384. The van der Waals surface area contributed by atoms with Gasteiger partial charge in [-0.15, -0.1) is 0 Å². The molecule has 0 aliphatic carbocycles. The van der Waals surface area contributed by atoms with Gasteiger partial charge in [-0.1, -0.05) is 24.3 Å². The number of aryl methyl sites for hydroxylation is 1. The van der Waals surface area contributed by atoms with Gasteiger partial charge < -0.3 is 4.74 Å². The second-order valence-corrected chi connectivity index (χ2v) is 5.37. The molecule has 2 aromatic carbocycles. The molecule has 0 spiro atoms. The Balaban J connectivity index is 1.79. The molecule has 24 heavy (non-hydrogen) atoms. The number of para-hydroxylation sites is 1. The van der Waals surface area contributed by atoms with Crippen LogP contribution < -0.4 is 4.74 Å². The highest BCUT2D eigenvalue weighted by Crippen LogP contribution is 2.27. The molecule has 0 radical (unpaired) electrons. The van der Waals surface area contributed by atoms with Gasteiger partial charge in [0.2, 0.25) is 0 Å². The van der Waals surface area contributed by atoms with E-state index in [-0.39, 0.29) is 18.1 Å². The van der Waals surface area contributed by atoms with E-state index >= 15 is 0 Å². The van der Waals surface area contributed by atoms with E-state index in [1.807, 2.05) is 32.0 Å². The van der Waals surface area contributed by atoms with Crippen molar-refractivity contribution in [1.29, 1.82) is 0 Å². The van der Waals surface area contributed by atoms with Gasteiger partial charge in [-0.25, -0.2) is 4.98 Å². The molecule has 0 saturated carbocycles. The molecule has 1 N–H and O–H groups in total. The fourth-order valence-corrected chi connectivity index (χ4v) is 2.33. The third-order valence-corrected chi connectivity index (χ3v) is 3.79. The lowest BCUT2D eigenvalue weighted by atomic mass is 10.1. The predicted molar refractivity (Wildman–Crippen MR) is 88.7 cm³/mol. The lowest BCUT2D eigenvalue weighted by Gasteiger charge is -2.09. The van der Waals surface area contributed by atoms with Gasteiger partial charge in [-0.3, -0.25) is 15.2 Å². The number of ether oxygens (including phenoxy) is 1. The fraction of sp³-hybridized carbons (Fsp3) is 0.176. The SMILES string of the molecule is Cc1cccc(OCc2nc(-c3ccccc3[N+](=O)[O-])n[nH]2)c1C. The molecule has 0 aliphatic rings. The first-order chi connectivity index (χ1) is 11.6. The zero-order valence-electron chi connectivity index (χ0n) is 13.3. The number of hydrogen-bond acceptors (Lipinski definition) is 5. The third-order valence-electron chi connectivity index (χ3n) is 3.79. The molecule has 0 fully saturated rings. The van der Waals surface area contributed by atoms with E-state index in [2.05, 4.69) is 15.2 Å². The summed E-state index contributed by atoms with van der Waals surface area (Å²) in [5, 5.41) is 17.9. The molecular weight excluding hydrogens is 308 g/mol. The lowest BCUT2D eigenvalue weighted by Crippen LogP contribution is -2.00. The molecule has 0 saturated heterocycles. The summed E-state index contributed by atoms with van der Waals surface area (Å²) in [5.74, 6) is 1.56. The molecule has 7 heteroatoms. The van der Waals surface area contributed by atoms with E-state index in [0.29, 0.717) is 11.4 Å². The third kappa shape index (κ3) is 3.10. The zero-order chi connectivity index (χ0) is 17.1. The molecule has 1 aromatic heterocycles. The first-order valence-electron chi connectivity index (χ1n) is 7.40. The average Bonchev–Trinajstić information content (AvgIpc) is 3.05. The van der Waals surface area contributed by atoms with Crippen LogP contribution in [0.3, 0.4) is 0 Å². The Labute approximate surface area is 138 Å². The minimum atomic E-state index is -0.446. The van der Waals surface area contributed by atoms with Crippen molar-refractivity contribution in [3.63, 3.8) is 0 Å². The standard InChI is InChI=1S/C17H16N4O3/c1-11-6-5-9-15(12(11)2)24-10-16-18-17(20-19-16)13-7-3-4-8-14(13)21(22)23/h3-9H,10H2,1-2H3,(H,18,19,20). The van der Waals surface area contributed by atoms with Crippen LogP contribution in [0.1, 0.15) is 17.0 Å². The zero-order valence-corrected chi connectivity index (χ0v) is 13.3. The molecular formula is C17H16N4O3. The van der Waals surface area contributed by atoms with Crippen molar-refractivity contribution >= 4 is 5.69 Å². The van der Waals surface area contributed by atoms with E-state index in [1.54, 1.807) is 18.2 Å². The largest absolute Gasteiger partial charge is 0.485 e. The smallest absolute Gasteiger partial charge is 0.280 e. The summed E-state index contributed by atoms with van der Waals surface area (Å²) in [5.41, 5.74) is 2.55. The number of nitrogens with one attached hydrogen (secondary N) is 1. The highest BCUT2D eigenvalue weighted by atomic mass is 16.6. The van der Waals surface area contributed by atoms with Crippen LogP contribution in [0, 0.1) is 24.0 Å². The van der Waals surface area contributed by atoms with Gasteiger partial charge in [-0.2, -0.15) is 5.10 Å². The van der Waals surface area contributed by atoms with Gasteiger partial charge in [0, 0.05) is 6.07 Å². The molecule has 1 heterocycles. The first kappa shape index (κ1) is 15.7. The minimum absolute atomic E-state index is 0.0292. The van der Waals surface area contributed by atoms with Gasteiger partial charge in [-0.05, 0) is 37.1 Å². The number of nitrogens with zero attached hydrogens (tertiary/aromatic N) is 3. The van der Waals surface area contributed by atoms with Gasteiger partial charge in [0.05, 0.1) is 10.5 Å². The maximum atomic E-state index is 11.1. The Kier molecular flexibility index (Phi) is 4.24. The summed E-state index contributed by atoms with van der Waals surface area (Å²) >= 11 is 0. The van der Waals surface area contributed by atoms with Gasteiger partial charge in [0.15, 0.2) is 11.6 Å². The molecule has 0 bridgehead atoms. The molecule has 0 amide bonds. The maximum absolute atomic E-state index is 11.1. The summed E-state index contributed by atoms with van der Waals surface area (Å²) in [6.07, 6.45) is 0. The number of hydrogen-bond donors (Lipinski definition) is 1. The van der Waals surface area contributed by atoms with Crippen LogP contribution in [0.25, 0.3) is 11.4 Å². The summed E-state index contributed by atoms with van der Waals surface area (Å²) in [6, 6.07) is 12.2. The van der Waals surface area contributed by atoms with Crippen molar-refractivity contribution in [2.45, 2.75) is 20.5 Å². The van der Waals surface area contributed by atoms with Crippen LogP contribution in [0.15, 0.2) is 42.5 Å². The maximum Gasteiger partial charge on any atom is 0.280 e. The summed E-state index contributed by atoms with van der Waals surface area (Å²) < 4.78 is 5.76. The number of aromatic amines is 1. The number of nitro benzene ring substituents is 1. The highest BCUT2D eigenvalue weighted by molar-refractivity contribution is 5.67. The minimum Gasteiger partial charge on any atom is -0.485 e. The second kappa shape index (κ2) is 6.49. The number of nitro groups is 1. The van der Waals surface area contributed by atoms with Crippen LogP contribution in [0.4, 0.5) is 5.69 Å². The van der Waals surface area contributed by atoms with E-state index in [4.69, 9.17) is 4.74 Å². The number of H-pyrrole nitrogens is 1. The van der Waals surface area contributed by atoms with E-state index in [0.717, 1.165) is 16.9 Å². The van der Waals surface area contributed by atoms with E-state index < -0.39 is 4.92 Å². The molecule has 0 unspecified atom stereocenters. The summed E-state index contributed by atoms with van der Waals surface area (Å²) in [7, 11) is 0. The second-order valence-electron chi connectivity index (χ2n) is 5.37. The van der Waals surface area contributed by atoms with Crippen LogP contribution in [0.2, 0.25) is 0 Å². The normalized spacial score (nSPS) is 10.6. The molecule has 3 rings (SSSR count).